The number of thiophene rings is 1. The van der Waals surface area contributed by atoms with E-state index in [1.165, 1.54) is 0 Å². The van der Waals surface area contributed by atoms with E-state index in [4.69, 9.17) is 0 Å². The van der Waals surface area contributed by atoms with Crippen molar-refractivity contribution in [1.29, 1.82) is 0 Å². The molecule has 1 amide bonds. The molecule has 0 radical (unpaired) electrons. The van der Waals surface area contributed by atoms with Gasteiger partial charge in [0.1, 0.15) is 0 Å². The quantitative estimate of drug-likeness (QED) is 0.418. The molecule has 0 saturated heterocycles. The van der Waals surface area contributed by atoms with Crippen LogP contribution in [0.2, 0.25) is 0 Å². The zero-order chi connectivity index (χ0) is 10.4. The lowest BCUT2D eigenvalue weighted by Crippen LogP contribution is -3.07. The third-order valence-electron chi connectivity index (χ3n) is 1.44. The highest BCUT2D eigenvalue weighted by molar-refractivity contribution is 7.11. The van der Waals surface area contributed by atoms with E-state index < -0.39 is 0 Å². The molecule has 1 aromatic rings. The number of quaternary nitrogens is 1. The van der Waals surface area contributed by atoms with Crippen molar-refractivity contribution in [2.24, 2.45) is 5.10 Å². The molecule has 0 aliphatic rings. The molecule has 4 nitrogen and oxygen atoms in total. The Morgan fingerprint density at radius 1 is 1.67 bits per heavy atom. The number of hydrogen-bond acceptors (Lipinski definition) is 3. The molecule has 0 fully saturated rings. The van der Waals surface area contributed by atoms with Gasteiger partial charge in [-0.3, -0.25) is 4.79 Å². The second-order valence-electron chi connectivity index (χ2n) is 3.19. The van der Waals surface area contributed by atoms with Crippen molar-refractivity contribution in [3.8, 4) is 0 Å². The molecule has 2 N–H and O–H groups in total. The zero-order valence-corrected chi connectivity index (χ0v) is 10.2. The predicted octanol–water partition coefficient (Wildman–Crippen LogP) is -3.65. The Bertz CT molecular complexity index is 311. The SMILES string of the molecule is C[NH+](C)CC(=O)NN=Cc1cccs1.[Cl-]. The van der Waals surface area contributed by atoms with E-state index in [0.29, 0.717) is 6.54 Å². The van der Waals surface area contributed by atoms with E-state index in [-0.39, 0.29) is 18.3 Å². The molecule has 0 unspecified atom stereocenters. The molecular formula is C9H14ClN3OS. The first-order valence-electron chi connectivity index (χ1n) is 4.33. The van der Waals surface area contributed by atoms with Gasteiger partial charge in [0.2, 0.25) is 0 Å². The molecule has 84 valence electrons. The molecule has 0 aromatic carbocycles. The molecule has 15 heavy (non-hydrogen) atoms. The van der Waals surface area contributed by atoms with Gasteiger partial charge in [-0.15, -0.1) is 11.3 Å². The Labute approximate surface area is 99.4 Å². The van der Waals surface area contributed by atoms with Gasteiger partial charge in [0.15, 0.2) is 6.54 Å². The molecular weight excluding hydrogens is 234 g/mol. The molecule has 0 bridgehead atoms. The topological polar surface area (TPSA) is 45.9 Å². The first-order chi connectivity index (χ1) is 6.68. The molecule has 0 spiro atoms. The largest absolute Gasteiger partial charge is 1.00 e. The fourth-order valence-corrected chi connectivity index (χ4v) is 1.48. The summed E-state index contributed by atoms with van der Waals surface area (Å²) < 4.78 is 0. The summed E-state index contributed by atoms with van der Waals surface area (Å²) in [6, 6.07) is 3.88. The summed E-state index contributed by atoms with van der Waals surface area (Å²) in [5.41, 5.74) is 2.47. The van der Waals surface area contributed by atoms with Crippen molar-refractivity contribution in [3.05, 3.63) is 22.4 Å². The van der Waals surface area contributed by atoms with E-state index in [0.717, 1.165) is 9.78 Å². The van der Waals surface area contributed by atoms with Crippen molar-refractivity contribution >= 4 is 23.5 Å². The number of amides is 1. The number of hydrazone groups is 1. The van der Waals surface area contributed by atoms with Crippen LogP contribution in [-0.4, -0.2) is 32.8 Å². The van der Waals surface area contributed by atoms with Crippen LogP contribution in [0.3, 0.4) is 0 Å². The molecule has 1 heterocycles. The monoisotopic (exact) mass is 247 g/mol. The lowest BCUT2D eigenvalue weighted by molar-refractivity contribution is -0.849. The Morgan fingerprint density at radius 3 is 2.93 bits per heavy atom. The van der Waals surface area contributed by atoms with E-state index in [2.05, 4.69) is 10.5 Å². The highest BCUT2D eigenvalue weighted by atomic mass is 35.5. The number of halogens is 1. The molecule has 1 aromatic heterocycles. The summed E-state index contributed by atoms with van der Waals surface area (Å²) in [5, 5.41) is 5.80. The predicted molar refractivity (Wildman–Crippen MR) is 57.7 cm³/mol. The van der Waals surface area contributed by atoms with Crippen LogP contribution >= 0.6 is 11.3 Å². The third kappa shape index (κ3) is 6.22. The number of nitrogens with zero attached hydrogens (tertiary/aromatic N) is 1. The Balaban J connectivity index is 0.00000196. The van der Waals surface area contributed by atoms with E-state index in [1.54, 1.807) is 17.6 Å². The Morgan fingerprint density at radius 2 is 2.40 bits per heavy atom. The van der Waals surface area contributed by atoms with Crippen LogP contribution in [0.25, 0.3) is 0 Å². The normalized spacial score (nSPS) is 10.3. The highest BCUT2D eigenvalue weighted by Gasteiger charge is 2.02. The van der Waals surface area contributed by atoms with Crippen LogP contribution in [0.5, 0.6) is 0 Å². The van der Waals surface area contributed by atoms with Crippen LogP contribution < -0.4 is 22.7 Å². The lowest BCUT2D eigenvalue weighted by atomic mass is 10.5. The van der Waals surface area contributed by atoms with E-state index in [1.807, 2.05) is 31.6 Å². The van der Waals surface area contributed by atoms with Gasteiger partial charge in [0.05, 0.1) is 20.3 Å². The standard InChI is InChI=1S/C9H13N3OS.ClH/c1-12(2)7-9(13)11-10-6-8-4-3-5-14-8;/h3-6H,7H2,1-2H3,(H,11,13);1H. The zero-order valence-electron chi connectivity index (χ0n) is 8.66. The van der Waals surface area contributed by atoms with Crippen LogP contribution in [0.4, 0.5) is 0 Å². The summed E-state index contributed by atoms with van der Waals surface area (Å²) in [6.07, 6.45) is 1.65. The summed E-state index contributed by atoms with van der Waals surface area (Å²) >= 11 is 1.58. The van der Waals surface area contributed by atoms with Crippen molar-refractivity contribution in [3.63, 3.8) is 0 Å². The van der Waals surface area contributed by atoms with Crippen LogP contribution in [0, 0.1) is 0 Å². The van der Waals surface area contributed by atoms with Crippen molar-refractivity contribution < 1.29 is 22.1 Å². The maximum atomic E-state index is 11.1. The van der Waals surface area contributed by atoms with Gasteiger partial charge >= 0.3 is 0 Å². The van der Waals surface area contributed by atoms with Crippen LogP contribution in [-0.2, 0) is 4.79 Å². The van der Waals surface area contributed by atoms with Crippen molar-refractivity contribution in [2.75, 3.05) is 20.6 Å². The van der Waals surface area contributed by atoms with Gasteiger partial charge in [-0.1, -0.05) is 6.07 Å². The molecule has 0 saturated carbocycles. The number of carbonyl (C=O) groups excluding carboxylic acids is 1. The molecule has 0 aliphatic heterocycles. The first-order valence-corrected chi connectivity index (χ1v) is 5.21. The van der Waals surface area contributed by atoms with Crippen molar-refractivity contribution in [1.82, 2.24) is 5.43 Å². The minimum Gasteiger partial charge on any atom is -1.00 e. The number of carbonyl (C=O) groups is 1. The number of rotatable bonds is 4. The fraction of sp³-hybridized carbons (Fsp3) is 0.333. The van der Waals surface area contributed by atoms with Gasteiger partial charge in [0.25, 0.3) is 5.91 Å². The maximum absolute atomic E-state index is 11.1. The molecule has 1 rings (SSSR count). The smallest absolute Gasteiger partial charge is 0.295 e. The van der Waals surface area contributed by atoms with Crippen LogP contribution in [0.1, 0.15) is 4.88 Å². The second kappa shape index (κ2) is 7.39. The molecule has 0 aliphatic carbocycles. The average molecular weight is 248 g/mol. The maximum Gasteiger partial charge on any atom is 0.295 e. The molecule has 0 atom stereocenters. The summed E-state index contributed by atoms with van der Waals surface area (Å²) in [4.78, 5) is 13.2. The fourth-order valence-electron chi connectivity index (χ4n) is 0.893. The summed E-state index contributed by atoms with van der Waals surface area (Å²) in [5.74, 6) is -0.0715. The van der Waals surface area contributed by atoms with Gasteiger partial charge < -0.3 is 17.3 Å². The number of nitrogens with one attached hydrogen (secondary N) is 2. The minimum atomic E-state index is -0.0715. The second-order valence-corrected chi connectivity index (χ2v) is 4.17. The first kappa shape index (κ1) is 14.1. The van der Waals surface area contributed by atoms with E-state index >= 15 is 0 Å². The number of likely N-dealkylation sites (N-methyl/N-ethyl adjacent to an activating group) is 1. The highest BCUT2D eigenvalue weighted by Crippen LogP contribution is 2.03. The van der Waals surface area contributed by atoms with E-state index in [9.17, 15) is 4.79 Å². The Kier molecular flexibility index (Phi) is 6.94. The average Bonchev–Trinajstić information content (AvgIpc) is 2.55. The van der Waals surface area contributed by atoms with Gasteiger partial charge in [0, 0.05) is 4.88 Å². The summed E-state index contributed by atoms with van der Waals surface area (Å²) in [7, 11) is 3.84. The van der Waals surface area contributed by atoms with Crippen molar-refractivity contribution in [2.45, 2.75) is 0 Å². The third-order valence-corrected chi connectivity index (χ3v) is 2.25. The number of hydrogen-bond donors (Lipinski definition) is 2. The van der Waals surface area contributed by atoms with Crippen LogP contribution in [0.15, 0.2) is 22.6 Å². The van der Waals surface area contributed by atoms with Gasteiger partial charge in [-0.25, -0.2) is 5.43 Å². The molecule has 6 heteroatoms. The Hall–Kier alpha value is -0.910. The lowest BCUT2D eigenvalue weighted by Gasteiger charge is -2.03. The van der Waals surface area contributed by atoms with Gasteiger partial charge in [-0.2, -0.15) is 5.10 Å². The minimum absolute atomic E-state index is 0. The van der Waals surface area contributed by atoms with Gasteiger partial charge in [-0.05, 0) is 11.4 Å². The summed E-state index contributed by atoms with van der Waals surface area (Å²) in [6.45, 7) is 0.432.